The van der Waals surface area contributed by atoms with Crippen LogP contribution in [0.15, 0.2) is 46.8 Å². The minimum Gasteiger partial charge on any atom is -0.478 e. The highest BCUT2D eigenvalue weighted by molar-refractivity contribution is 8.18. The highest BCUT2D eigenvalue weighted by atomic mass is 32.2. The van der Waals surface area contributed by atoms with Crippen LogP contribution in [0.4, 0.5) is 5.13 Å². The molecule has 2 aromatic rings. The number of carboxylic acid groups (broad SMARTS) is 1. The van der Waals surface area contributed by atoms with Gasteiger partial charge in [-0.3, -0.25) is 9.69 Å². The third kappa shape index (κ3) is 4.32. The Balaban J connectivity index is 1.89. The number of benzene rings is 1. The molecule has 3 rings (SSSR count). The zero-order chi connectivity index (χ0) is 19.4. The number of hydrogen-bond donors (Lipinski definition) is 1. The van der Waals surface area contributed by atoms with Crippen molar-refractivity contribution in [2.75, 3.05) is 6.54 Å². The molecule has 1 amide bonds. The van der Waals surface area contributed by atoms with Crippen molar-refractivity contribution >= 4 is 51.4 Å². The van der Waals surface area contributed by atoms with E-state index in [0.29, 0.717) is 21.7 Å². The average molecular weight is 400 g/mol. The van der Waals surface area contributed by atoms with E-state index in [1.807, 2.05) is 6.92 Å². The molecule has 9 heteroatoms. The maximum absolute atomic E-state index is 12.7. The average Bonchev–Trinajstić information content (AvgIpc) is 3.22. The van der Waals surface area contributed by atoms with E-state index in [1.165, 1.54) is 40.1 Å². The number of rotatable bonds is 6. The highest BCUT2D eigenvalue weighted by Gasteiger charge is 2.32. The lowest BCUT2D eigenvalue weighted by atomic mass is 10.1. The van der Waals surface area contributed by atoms with Crippen LogP contribution >= 0.6 is 23.1 Å². The lowest BCUT2D eigenvalue weighted by Crippen LogP contribution is -2.29. The Bertz CT molecular complexity index is 948. The van der Waals surface area contributed by atoms with Crippen molar-refractivity contribution in [3.05, 3.63) is 58.0 Å². The molecule has 0 bridgehead atoms. The molecule has 2 heterocycles. The van der Waals surface area contributed by atoms with Crippen LogP contribution in [0.5, 0.6) is 0 Å². The van der Waals surface area contributed by atoms with Crippen LogP contribution in [0.25, 0.3) is 6.08 Å². The SMILES string of the molecule is C=CCN1C(=O)/C(=C/c2ccc(C(=O)O)cc2)S/C1=N/c1nnc(CC)s1. The molecule has 1 N–H and O–H groups in total. The molecule has 0 saturated carbocycles. The van der Waals surface area contributed by atoms with Gasteiger partial charge in [0.25, 0.3) is 5.91 Å². The summed E-state index contributed by atoms with van der Waals surface area (Å²) >= 11 is 2.63. The second-order valence-electron chi connectivity index (χ2n) is 5.47. The second kappa shape index (κ2) is 8.28. The molecule has 0 atom stereocenters. The standard InChI is InChI=1S/C18H16N4O3S2/c1-3-9-22-15(23)13(10-11-5-7-12(8-6-11)16(24)25)26-18(22)19-17-21-20-14(4-2)27-17/h3,5-8,10H,1,4,9H2,2H3,(H,24,25)/b13-10-,19-18+. The van der Waals surface area contributed by atoms with Crippen LogP contribution in [-0.2, 0) is 11.2 Å². The van der Waals surface area contributed by atoms with Crippen LogP contribution in [0.1, 0.15) is 27.9 Å². The minimum atomic E-state index is -0.990. The molecule has 0 unspecified atom stereocenters. The number of carbonyl (C=O) groups excluding carboxylic acids is 1. The number of aliphatic imine (C=N–C) groups is 1. The summed E-state index contributed by atoms with van der Waals surface area (Å²) in [5.74, 6) is -1.17. The Labute approximate surface area is 164 Å². The van der Waals surface area contributed by atoms with E-state index in [4.69, 9.17) is 5.11 Å². The third-order valence-corrected chi connectivity index (χ3v) is 5.57. The molecular formula is C18H16N4O3S2. The van der Waals surface area contributed by atoms with Gasteiger partial charge in [0.05, 0.1) is 10.5 Å². The fourth-order valence-electron chi connectivity index (χ4n) is 2.27. The van der Waals surface area contributed by atoms with E-state index >= 15 is 0 Å². The van der Waals surface area contributed by atoms with Gasteiger partial charge in [-0.1, -0.05) is 36.5 Å². The van der Waals surface area contributed by atoms with Crippen LogP contribution in [0, 0.1) is 0 Å². The monoisotopic (exact) mass is 400 g/mol. The van der Waals surface area contributed by atoms with Crippen molar-refractivity contribution in [1.82, 2.24) is 15.1 Å². The van der Waals surface area contributed by atoms with Gasteiger partial charge in [0, 0.05) is 6.54 Å². The van der Waals surface area contributed by atoms with Gasteiger partial charge in [-0.2, -0.15) is 4.99 Å². The van der Waals surface area contributed by atoms with Crippen molar-refractivity contribution in [2.45, 2.75) is 13.3 Å². The van der Waals surface area contributed by atoms with Crippen molar-refractivity contribution in [3.8, 4) is 0 Å². The normalized spacial score (nSPS) is 17.1. The molecule has 1 aliphatic heterocycles. The smallest absolute Gasteiger partial charge is 0.335 e. The predicted octanol–water partition coefficient (Wildman–Crippen LogP) is 3.59. The number of amidine groups is 1. The Morgan fingerprint density at radius 1 is 1.33 bits per heavy atom. The van der Waals surface area contributed by atoms with E-state index in [-0.39, 0.29) is 11.5 Å². The summed E-state index contributed by atoms with van der Waals surface area (Å²) < 4.78 is 0. The molecule has 1 saturated heterocycles. The van der Waals surface area contributed by atoms with Crippen molar-refractivity contribution < 1.29 is 14.7 Å². The Hall–Kier alpha value is -2.78. The topological polar surface area (TPSA) is 95.8 Å². The van der Waals surface area contributed by atoms with Crippen LogP contribution < -0.4 is 0 Å². The summed E-state index contributed by atoms with van der Waals surface area (Å²) in [5, 5.41) is 19.0. The van der Waals surface area contributed by atoms with Gasteiger partial charge >= 0.3 is 5.97 Å². The first-order valence-electron chi connectivity index (χ1n) is 8.08. The number of aromatic nitrogens is 2. The van der Waals surface area contributed by atoms with Gasteiger partial charge < -0.3 is 5.11 Å². The van der Waals surface area contributed by atoms with Crippen molar-refractivity contribution in [2.24, 2.45) is 4.99 Å². The number of thioether (sulfide) groups is 1. The van der Waals surface area contributed by atoms with Crippen LogP contribution in [0.3, 0.4) is 0 Å². The van der Waals surface area contributed by atoms with E-state index < -0.39 is 5.97 Å². The molecule has 7 nitrogen and oxygen atoms in total. The lowest BCUT2D eigenvalue weighted by Gasteiger charge is -2.11. The van der Waals surface area contributed by atoms with Gasteiger partial charge in [-0.05, 0) is 42.0 Å². The molecular weight excluding hydrogens is 384 g/mol. The van der Waals surface area contributed by atoms with Gasteiger partial charge in [-0.15, -0.1) is 16.8 Å². The number of aromatic carboxylic acids is 1. The number of hydrogen-bond acceptors (Lipinski definition) is 7. The molecule has 1 aromatic heterocycles. The summed E-state index contributed by atoms with van der Waals surface area (Å²) in [7, 11) is 0. The first-order valence-corrected chi connectivity index (χ1v) is 9.72. The highest BCUT2D eigenvalue weighted by Crippen LogP contribution is 2.34. The number of carboxylic acids is 1. The predicted molar refractivity (Wildman–Crippen MR) is 107 cm³/mol. The van der Waals surface area contributed by atoms with E-state index in [2.05, 4.69) is 21.8 Å². The number of nitrogens with zero attached hydrogens (tertiary/aromatic N) is 4. The largest absolute Gasteiger partial charge is 0.478 e. The first kappa shape index (κ1) is 19.0. The van der Waals surface area contributed by atoms with Gasteiger partial charge in [-0.25, -0.2) is 4.79 Å². The maximum Gasteiger partial charge on any atom is 0.335 e. The van der Waals surface area contributed by atoms with Crippen molar-refractivity contribution in [3.63, 3.8) is 0 Å². The van der Waals surface area contributed by atoms with Crippen molar-refractivity contribution in [1.29, 1.82) is 0 Å². The number of amides is 1. The summed E-state index contributed by atoms with van der Waals surface area (Å²) in [6.45, 7) is 6.02. The molecule has 0 spiro atoms. The summed E-state index contributed by atoms with van der Waals surface area (Å²) in [6.07, 6.45) is 4.13. The van der Waals surface area contributed by atoms with Crippen LogP contribution in [-0.4, -0.2) is 43.8 Å². The van der Waals surface area contributed by atoms with Crippen LogP contribution in [0.2, 0.25) is 0 Å². The van der Waals surface area contributed by atoms with E-state index in [9.17, 15) is 9.59 Å². The second-order valence-corrected chi connectivity index (χ2v) is 7.52. The maximum atomic E-state index is 12.7. The molecule has 27 heavy (non-hydrogen) atoms. The molecule has 0 aliphatic carbocycles. The Kier molecular flexibility index (Phi) is 5.82. The summed E-state index contributed by atoms with van der Waals surface area (Å²) in [5.41, 5.74) is 0.931. The first-order chi connectivity index (χ1) is 13.0. The van der Waals surface area contributed by atoms with Gasteiger partial charge in [0.15, 0.2) is 5.17 Å². The number of aryl methyl sites for hydroxylation is 1. The molecule has 1 aliphatic rings. The molecule has 138 valence electrons. The zero-order valence-corrected chi connectivity index (χ0v) is 16.1. The molecule has 1 aromatic carbocycles. The third-order valence-electron chi connectivity index (χ3n) is 3.61. The fourth-order valence-corrected chi connectivity index (χ4v) is 3.97. The zero-order valence-electron chi connectivity index (χ0n) is 14.5. The number of carbonyl (C=O) groups is 2. The molecule has 1 fully saturated rings. The Morgan fingerprint density at radius 2 is 2.07 bits per heavy atom. The minimum absolute atomic E-state index is 0.179. The summed E-state index contributed by atoms with van der Waals surface area (Å²) in [6, 6.07) is 6.33. The van der Waals surface area contributed by atoms with Gasteiger partial charge in [0.1, 0.15) is 5.01 Å². The molecule has 0 radical (unpaired) electrons. The lowest BCUT2D eigenvalue weighted by molar-refractivity contribution is -0.121. The van der Waals surface area contributed by atoms with E-state index in [1.54, 1.807) is 24.3 Å². The Morgan fingerprint density at radius 3 is 2.67 bits per heavy atom. The quantitative estimate of drug-likeness (QED) is 0.588. The summed E-state index contributed by atoms with van der Waals surface area (Å²) in [4.78, 5) is 30.2. The van der Waals surface area contributed by atoms with Gasteiger partial charge in [0.2, 0.25) is 5.13 Å². The fraction of sp³-hybridized carbons (Fsp3) is 0.167. The van der Waals surface area contributed by atoms with E-state index in [0.717, 1.165) is 17.0 Å².